The lowest BCUT2D eigenvalue weighted by molar-refractivity contribution is 0.474. The quantitative estimate of drug-likeness (QED) is 0.741. The molecule has 0 aliphatic rings. The Morgan fingerprint density at radius 2 is 1.31 bits per heavy atom. The van der Waals surface area contributed by atoms with Gasteiger partial charge in [0.1, 0.15) is 5.75 Å². The van der Waals surface area contributed by atoms with E-state index < -0.39 is 0 Å². The SMILES string of the molecule is C=Cc1cc(C=C)c(C=C)cc1O. The lowest BCUT2D eigenvalue weighted by atomic mass is 10.0. The van der Waals surface area contributed by atoms with Gasteiger partial charge in [-0.05, 0) is 23.3 Å². The Morgan fingerprint density at radius 3 is 1.77 bits per heavy atom. The highest BCUT2D eigenvalue weighted by Crippen LogP contribution is 2.24. The molecule has 0 heterocycles. The first kappa shape index (κ1) is 9.33. The van der Waals surface area contributed by atoms with Crippen molar-refractivity contribution >= 4 is 18.2 Å². The second-order valence-electron chi connectivity index (χ2n) is 2.65. The van der Waals surface area contributed by atoms with Crippen LogP contribution in [0.1, 0.15) is 16.7 Å². The third-order valence-electron chi connectivity index (χ3n) is 1.89. The Labute approximate surface area is 78.3 Å². The summed E-state index contributed by atoms with van der Waals surface area (Å²) in [7, 11) is 0. The van der Waals surface area contributed by atoms with Gasteiger partial charge in [0.25, 0.3) is 0 Å². The van der Waals surface area contributed by atoms with Gasteiger partial charge in [-0.3, -0.25) is 0 Å². The van der Waals surface area contributed by atoms with Gasteiger partial charge in [-0.2, -0.15) is 0 Å². The summed E-state index contributed by atoms with van der Waals surface area (Å²) >= 11 is 0. The molecule has 1 N–H and O–H groups in total. The number of phenols is 1. The zero-order valence-corrected chi connectivity index (χ0v) is 7.46. The normalized spacial score (nSPS) is 9.23. The second kappa shape index (κ2) is 3.76. The lowest BCUT2D eigenvalue weighted by Gasteiger charge is -2.05. The molecule has 13 heavy (non-hydrogen) atoms. The number of phenolic OH excluding ortho intramolecular Hbond substituents is 1. The number of aromatic hydroxyl groups is 1. The van der Waals surface area contributed by atoms with Gasteiger partial charge in [0.15, 0.2) is 0 Å². The number of rotatable bonds is 3. The molecular weight excluding hydrogens is 160 g/mol. The zero-order chi connectivity index (χ0) is 9.84. The van der Waals surface area contributed by atoms with Crippen molar-refractivity contribution in [1.29, 1.82) is 0 Å². The van der Waals surface area contributed by atoms with Crippen LogP contribution in [0.2, 0.25) is 0 Å². The first-order valence-electron chi connectivity index (χ1n) is 3.97. The highest BCUT2D eigenvalue weighted by Gasteiger charge is 2.01. The summed E-state index contributed by atoms with van der Waals surface area (Å²) in [6, 6.07) is 3.48. The second-order valence-corrected chi connectivity index (χ2v) is 2.65. The molecule has 0 fully saturated rings. The summed E-state index contributed by atoms with van der Waals surface area (Å²) in [5.41, 5.74) is 2.53. The molecule has 0 atom stereocenters. The molecule has 0 saturated carbocycles. The largest absolute Gasteiger partial charge is 0.507 e. The minimum absolute atomic E-state index is 0.218. The van der Waals surface area contributed by atoms with Crippen molar-refractivity contribution in [2.75, 3.05) is 0 Å². The summed E-state index contributed by atoms with van der Waals surface area (Å²) < 4.78 is 0. The molecule has 1 aromatic carbocycles. The van der Waals surface area contributed by atoms with Crippen molar-refractivity contribution in [2.45, 2.75) is 0 Å². The van der Waals surface area contributed by atoms with E-state index >= 15 is 0 Å². The van der Waals surface area contributed by atoms with Crippen molar-refractivity contribution < 1.29 is 5.11 Å². The smallest absolute Gasteiger partial charge is 0.123 e. The fourth-order valence-electron chi connectivity index (χ4n) is 1.16. The Bertz CT molecular complexity index is 362. The van der Waals surface area contributed by atoms with Gasteiger partial charge in [-0.25, -0.2) is 0 Å². The number of hydrogen-bond donors (Lipinski definition) is 1. The van der Waals surface area contributed by atoms with Crippen LogP contribution in [-0.2, 0) is 0 Å². The van der Waals surface area contributed by atoms with Crippen LogP contribution >= 0.6 is 0 Å². The van der Waals surface area contributed by atoms with E-state index in [-0.39, 0.29) is 5.75 Å². The molecule has 1 nitrogen and oxygen atoms in total. The summed E-state index contributed by atoms with van der Waals surface area (Å²) in [5.74, 6) is 0.218. The molecule has 0 amide bonds. The Kier molecular flexibility index (Phi) is 2.70. The van der Waals surface area contributed by atoms with Gasteiger partial charge in [-0.15, -0.1) is 0 Å². The lowest BCUT2D eigenvalue weighted by Crippen LogP contribution is -1.83. The molecule has 1 rings (SSSR count). The standard InChI is InChI=1S/C12H12O/c1-4-9-7-11(6-3)12(13)8-10(9)5-2/h4-8,13H,1-3H2. The first-order valence-corrected chi connectivity index (χ1v) is 3.97. The third kappa shape index (κ3) is 1.70. The molecule has 0 unspecified atom stereocenters. The van der Waals surface area contributed by atoms with Crippen molar-refractivity contribution in [1.82, 2.24) is 0 Å². The van der Waals surface area contributed by atoms with Crippen LogP contribution in [0.25, 0.3) is 18.2 Å². The third-order valence-corrected chi connectivity index (χ3v) is 1.89. The average molecular weight is 172 g/mol. The summed E-state index contributed by atoms with van der Waals surface area (Å²) in [6.07, 6.45) is 5.02. The Morgan fingerprint density at radius 1 is 0.846 bits per heavy atom. The van der Waals surface area contributed by atoms with E-state index in [2.05, 4.69) is 19.7 Å². The van der Waals surface area contributed by atoms with Crippen LogP contribution in [0.15, 0.2) is 31.9 Å². The molecule has 0 radical (unpaired) electrons. The maximum Gasteiger partial charge on any atom is 0.123 e. The summed E-state index contributed by atoms with van der Waals surface area (Å²) in [5, 5.41) is 9.49. The monoisotopic (exact) mass is 172 g/mol. The molecule has 1 aromatic rings. The zero-order valence-electron chi connectivity index (χ0n) is 7.46. The maximum absolute atomic E-state index is 9.49. The van der Waals surface area contributed by atoms with E-state index in [4.69, 9.17) is 0 Å². The fourth-order valence-corrected chi connectivity index (χ4v) is 1.16. The Balaban J connectivity index is 3.42. The van der Waals surface area contributed by atoms with E-state index in [1.54, 1.807) is 24.3 Å². The molecule has 0 spiro atoms. The van der Waals surface area contributed by atoms with Crippen LogP contribution in [0, 0.1) is 0 Å². The molecule has 0 bridgehead atoms. The van der Waals surface area contributed by atoms with Crippen LogP contribution in [0.5, 0.6) is 5.75 Å². The van der Waals surface area contributed by atoms with Crippen LogP contribution < -0.4 is 0 Å². The van der Waals surface area contributed by atoms with Gasteiger partial charge < -0.3 is 5.11 Å². The van der Waals surface area contributed by atoms with Crippen LogP contribution in [0.3, 0.4) is 0 Å². The van der Waals surface area contributed by atoms with Crippen molar-refractivity contribution in [3.05, 3.63) is 48.6 Å². The van der Waals surface area contributed by atoms with Crippen molar-refractivity contribution in [2.24, 2.45) is 0 Å². The van der Waals surface area contributed by atoms with Crippen molar-refractivity contribution in [3.8, 4) is 5.75 Å². The predicted molar refractivity (Wildman–Crippen MR) is 58.4 cm³/mol. The molecule has 0 aromatic heterocycles. The predicted octanol–water partition coefficient (Wildman–Crippen LogP) is 3.32. The van der Waals surface area contributed by atoms with E-state index in [0.29, 0.717) is 5.56 Å². The molecule has 0 aliphatic carbocycles. The van der Waals surface area contributed by atoms with Gasteiger partial charge in [0, 0.05) is 5.56 Å². The fraction of sp³-hybridized carbons (Fsp3) is 0. The number of hydrogen-bond acceptors (Lipinski definition) is 1. The molecule has 0 aliphatic heterocycles. The number of benzene rings is 1. The van der Waals surface area contributed by atoms with E-state index in [1.807, 2.05) is 6.07 Å². The van der Waals surface area contributed by atoms with Crippen LogP contribution in [0.4, 0.5) is 0 Å². The Hall–Kier alpha value is -1.76. The van der Waals surface area contributed by atoms with E-state index in [9.17, 15) is 5.11 Å². The van der Waals surface area contributed by atoms with Gasteiger partial charge in [0.05, 0.1) is 0 Å². The summed E-state index contributed by atoms with van der Waals surface area (Å²) in [6.45, 7) is 10.9. The molecule has 66 valence electrons. The highest BCUT2D eigenvalue weighted by atomic mass is 16.3. The summed E-state index contributed by atoms with van der Waals surface area (Å²) in [4.78, 5) is 0. The van der Waals surface area contributed by atoms with Crippen LogP contribution in [-0.4, -0.2) is 5.11 Å². The minimum Gasteiger partial charge on any atom is -0.507 e. The van der Waals surface area contributed by atoms with Gasteiger partial charge in [-0.1, -0.05) is 38.0 Å². The van der Waals surface area contributed by atoms with E-state index in [0.717, 1.165) is 11.1 Å². The van der Waals surface area contributed by atoms with E-state index in [1.165, 1.54) is 0 Å². The average Bonchev–Trinajstić information content (AvgIpc) is 2.17. The molecule has 0 saturated heterocycles. The van der Waals surface area contributed by atoms with Gasteiger partial charge in [0.2, 0.25) is 0 Å². The minimum atomic E-state index is 0.218. The topological polar surface area (TPSA) is 20.2 Å². The molecular formula is C12H12O. The highest BCUT2D eigenvalue weighted by molar-refractivity contribution is 5.70. The molecule has 1 heteroatoms. The van der Waals surface area contributed by atoms with Gasteiger partial charge >= 0.3 is 0 Å². The van der Waals surface area contributed by atoms with Crippen molar-refractivity contribution in [3.63, 3.8) is 0 Å². The first-order chi connectivity index (χ1) is 6.22. The maximum atomic E-state index is 9.49.